The van der Waals surface area contributed by atoms with Crippen LogP contribution in [-0.2, 0) is 20.6 Å². The molecule has 0 fully saturated rings. The van der Waals surface area contributed by atoms with E-state index in [9.17, 15) is 14.4 Å². The topological polar surface area (TPSA) is 66.0 Å². The highest BCUT2D eigenvalue weighted by Crippen LogP contribution is 1.98. The molecule has 0 aliphatic rings. The van der Waals surface area contributed by atoms with E-state index in [0.717, 1.165) is 38.3 Å². The summed E-state index contributed by atoms with van der Waals surface area (Å²) in [5.74, 6) is 0. The van der Waals surface area contributed by atoms with Gasteiger partial charge in [-0.3, -0.25) is 0 Å². The van der Waals surface area contributed by atoms with Gasteiger partial charge in [0.05, 0.1) is 0 Å². The van der Waals surface area contributed by atoms with Crippen molar-refractivity contribution in [3.63, 3.8) is 0 Å². The van der Waals surface area contributed by atoms with Crippen LogP contribution in [0.25, 0.3) is 0 Å². The van der Waals surface area contributed by atoms with Gasteiger partial charge in [-0.05, 0) is 12.8 Å². The normalized spacial score (nSPS) is 10.8. The largest absolute Gasteiger partial charge is 0.336 e. The highest BCUT2D eigenvalue weighted by Gasteiger charge is 2.09. The molecule has 1 rings (SSSR count). The van der Waals surface area contributed by atoms with Crippen LogP contribution in [-0.4, -0.2) is 19.0 Å². The Bertz CT molecular complexity index is 515. The van der Waals surface area contributed by atoms with Gasteiger partial charge in [-0.25, -0.2) is 28.1 Å². The zero-order valence-corrected chi connectivity index (χ0v) is 11.6. The molecule has 0 spiro atoms. The molecule has 0 saturated carbocycles. The zero-order valence-electron chi connectivity index (χ0n) is 9.98. The fourth-order valence-electron chi connectivity index (χ4n) is 1.57. The average molecular weight is 306 g/mol. The summed E-state index contributed by atoms with van der Waals surface area (Å²) in [5.41, 5.74) is -1.68. The summed E-state index contributed by atoms with van der Waals surface area (Å²) in [6.07, 6.45) is 2.68. The summed E-state index contributed by atoms with van der Waals surface area (Å²) >= 11 is 3.32. The molecule has 0 amide bonds. The van der Waals surface area contributed by atoms with Crippen molar-refractivity contribution in [2.45, 2.75) is 25.8 Å². The highest BCUT2D eigenvalue weighted by atomic mass is 79.9. The summed E-state index contributed by atoms with van der Waals surface area (Å²) in [5, 5.41) is 0.910. The zero-order chi connectivity index (χ0) is 13.0. The minimum Gasteiger partial charge on any atom is -0.248 e. The Labute approximate surface area is 107 Å². The molecule has 1 heterocycles. The van der Waals surface area contributed by atoms with Crippen molar-refractivity contribution in [3.05, 3.63) is 31.5 Å². The fourth-order valence-corrected chi connectivity index (χ4v) is 1.96. The molecule has 96 valence electrons. The summed E-state index contributed by atoms with van der Waals surface area (Å²) in [4.78, 5) is 34.9. The minimum absolute atomic E-state index is 0.354. The van der Waals surface area contributed by atoms with Crippen LogP contribution in [0.1, 0.15) is 19.3 Å². The Morgan fingerprint density at radius 1 is 0.882 bits per heavy atom. The van der Waals surface area contributed by atoms with Gasteiger partial charge in [-0.15, -0.1) is 0 Å². The van der Waals surface area contributed by atoms with E-state index in [1.165, 1.54) is 14.1 Å². The van der Waals surface area contributed by atoms with Gasteiger partial charge in [-0.2, -0.15) is 0 Å². The van der Waals surface area contributed by atoms with Crippen LogP contribution in [0.2, 0.25) is 0 Å². The predicted octanol–water partition coefficient (Wildman–Crippen LogP) is -0.189. The quantitative estimate of drug-likeness (QED) is 0.559. The molecule has 0 saturated heterocycles. The Balaban J connectivity index is 3.05. The van der Waals surface area contributed by atoms with Crippen LogP contribution in [0.5, 0.6) is 0 Å². The maximum Gasteiger partial charge on any atom is 0.336 e. The molecule has 0 bridgehead atoms. The van der Waals surface area contributed by atoms with Gasteiger partial charge in [-0.1, -0.05) is 22.4 Å². The third-order valence-corrected chi connectivity index (χ3v) is 3.19. The minimum atomic E-state index is -0.586. The molecule has 0 radical (unpaired) electrons. The monoisotopic (exact) mass is 305 g/mol. The molecular formula is C10H16BrN3O3. The van der Waals surface area contributed by atoms with Gasteiger partial charge in [0.1, 0.15) is 0 Å². The number of halogens is 1. The van der Waals surface area contributed by atoms with Gasteiger partial charge in [0.2, 0.25) is 0 Å². The van der Waals surface area contributed by atoms with Crippen LogP contribution < -0.4 is 17.1 Å². The van der Waals surface area contributed by atoms with Crippen LogP contribution in [0, 0.1) is 0 Å². The second kappa shape index (κ2) is 6.00. The van der Waals surface area contributed by atoms with Gasteiger partial charge in [0.15, 0.2) is 0 Å². The van der Waals surface area contributed by atoms with Gasteiger partial charge >= 0.3 is 17.1 Å². The second-order valence-electron chi connectivity index (χ2n) is 3.87. The number of unbranched alkanes of at least 4 members (excludes halogenated alkanes) is 2. The van der Waals surface area contributed by atoms with Crippen molar-refractivity contribution in [2.24, 2.45) is 14.1 Å². The molecule has 0 atom stereocenters. The number of rotatable bonds is 5. The van der Waals surface area contributed by atoms with Gasteiger partial charge < -0.3 is 0 Å². The first kappa shape index (κ1) is 14.0. The smallest absolute Gasteiger partial charge is 0.248 e. The highest BCUT2D eigenvalue weighted by molar-refractivity contribution is 9.09. The van der Waals surface area contributed by atoms with E-state index in [0.29, 0.717) is 6.54 Å². The fraction of sp³-hybridized carbons (Fsp3) is 0.700. The Morgan fingerprint density at radius 3 is 1.88 bits per heavy atom. The molecule has 1 aromatic heterocycles. The lowest BCUT2D eigenvalue weighted by molar-refractivity contribution is 0.482. The summed E-state index contributed by atoms with van der Waals surface area (Å²) < 4.78 is 3.01. The number of aromatic nitrogens is 3. The van der Waals surface area contributed by atoms with E-state index in [2.05, 4.69) is 15.9 Å². The van der Waals surface area contributed by atoms with E-state index in [4.69, 9.17) is 0 Å². The maximum atomic E-state index is 11.7. The molecule has 1 aromatic rings. The Morgan fingerprint density at radius 2 is 1.41 bits per heavy atom. The van der Waals surface area contributed by atoms with Crippen LogP contribution in [0.4, 0.5) is 0 Å². The average Bonchev–Trinajstić information content (AvgIpc) is 2.33. The van der Waals surface area contributed by atoms with E-state index >= 15 is 0 Å². The van der Waals surface area contributed by atoms with Crippen molar-refractivity contribution in [1.29, 1.82) is 0 Å². The van der Waals surface area contributed by atoms with E-state index < -0.39 is 17.1 Å². The Kier molecular flexibility index (Phi) is 4.92. The van der Waals surface area contributed by atoms with E-state index in [1.54, 1.807) is 0 Å². The lowest BCUT2D eigenvalue weighted by atomic mass is 10.2. The molecule has 0 aliphatic heterocycles. The van der Waals surface area contributed by atoms with E-state index in [1.807, 2.05) is 0 Å². The maximum absolute atomic E-state index is 11.7. The van der Waals surface area contributed by atoms with Crippen LogP contribution in [0.3, 0.4) is 0 Å². The van der Waals surface area contributed by atoms with Gasteiger partial charge in [0, 0.05) is 26.0 Å². The number of alkyl halides is 1. The lowest BCUT2D eigenvalue weighted by Crippen LogP contribution is -2.52. The molecule has 0 N–H and O–H groups in total. The third kappa shape index (κ3) is 2.96. The molecule has 7 heteroatoms. The predicted molar refractivity (Wildman–Crippen MR) is 68.8 cm³/mol. The van der Waals surface area contributed by atoms with Crippen molar-refractivity contribution in [3.8, 4) is 0 Å². The molecular weight excluding hydrogens is 290 g/mol. The first-order valence-electron chi connectivity index (χ1n) is 5.43. The molecule has 0 unspecified atom stereocenters. The van der Waals surface area contributed by atoms with Gasteiger partial charge in [0.25, 0.3) is 0 Å². The van der Waals surface area contributed by atoms with Crippen molar-refractivity contribution >= 4 is 15.9 Å². The number of hydrogen-bond acceptors (Lipinski definition) is 3. The lowest BCUT2D eigenvalue weighted by Gasteiger charge is -2.08. The van der Waals surface area contributed by atoms with Crippen molar-refractivity contribution < 1.29 is 0 Å². The first-order chi connectivity index (χ1) is 8.00. The Hall–Kier alpha value is -1.11. The summed E-state index contributed by atoms with van der Waals surface area (Å²) in [6.45, 7) is 0.354. The van der Waals surface area contributed by atoms with Crippen LogP contribution >= 0.6 is 15.9 Å². The molecule has 0 aromatic carbocycles. The molecule has 6 nitrogen and oxygen atoms in total. The second-order valence-corrected chi connectivity index (χ2v) is 4.66. The standard InChI is InChI=1S/C10H16BrN3O3/c1-12-8(15)13(2)10(17)14(9(12)16)7-5-3-4-6-11/h3-7H2,1-2H3. The van der Waals surface area contributed by atoms with Crippen molar-refractivity contribution in [1.82, 2.24) is 13.7 Å². The number of hydrogen-bond donors (Lipinski definition) is 0. The molecule has 0 aliphatic carbocycles. The van der Waals surface area contributed by atoms with E-state index in [-0.39, 0.29) is 0 Å². The number of nitrogens with zero attached hydrogens (tertiary/aromatic N) is 3. The van der Waals surface area contributed by atoms with Crippen LogP contribution in [0.15, 0.2) is 14.4 Å². The summed E-state index contributed by atoms with van der Waals surface area (Å²) in [6, 6.07) is 0. The first-order valence-corrected chi connectivity index (χ1v) is 6.55. The van der Waals surface area contributed by atoms with Crippen molar-refractivity contribution in [2.75, 3.05) is 5.33 Å². The molecule has 17 heavy (non-hydrogen) atoms. The third-order valence-electron chi connectivity index (χ3n) is 2.62. The SMILES string of the molecule is Cn1c(=O)n(C)c(=O)n(CCCCCBr)c1=O. The summed E-state index contributed by atoms with van der Waals surface area (Å²) in [7, 11) is 2.75.